The summed E-state index contributed by atoms with van der Waals surface area (Å²) < 4.78 is 0. The summed E-state index contributed by atoms with van der Waals surface area (Å²) in [4.78, 5) is 7.26. The van der Waals surface area contributed by atoms with Crippen LogP contribution in [-0.4, -0.2) is 17.6 Å². The Morgan fingerprint density at radius 1 is 1.37 bits per heavy atom. The van der Waals surface area contributed by atoms with Gasteiger partial charge in [0.25, 0.3) is 0 Å². The van der Waals surface area contributed by atoms with Crippen LogP contribution in [-0.2, 0) is 5.88 Å². The van der Waals surface area contributed by atoms with Crippen LogP contribution in [0.25, 0.3) is 10.8 Å². The Kier molecular flexibility index (Phi) is 3.61. The molecule has 1 aliphatic rings. The smallest absolute Gasteiger partial charge is 0.137 e. The fourth-order valence-electron chi connectivity index (χ4n) is 3.06. The summed E-state index contributed by atoms with van der Waals surface area (Å²) in [5, 5.41) is 2.49. The van der Waals surface area contributed by atoms with E-state index in [1.165, 1.54) is 30.0 Å². The predicted octanol–water partition coefficient (Wildman–Crippen LogP) is 4.35. The highest BCUT2D eigenvalue weighted by Gasteiger charge is 2.25. The largest absolute Gasteiger partial charge is 0.353 e. The van der Waals surface area contributed by atoms with E-state index in [1.807, 2.05) is 0 Å². The van der Waals surface area contributed by atoms with Gasteiger partial charge in [0.15, 0.2) is 0 Å². The summed E-state index contributed by atoms with van der Waals surface area (Å²) in [5.41, 5.74) is 0.970. The molecule has 2 nitrogen and oxygen atoms in total. The van der Waals surface area contributed by atoms with Crippen LogP contribution in [0.3, 0.4) is 0 Å². The molecule has 0 spiro atoms. The molecule has 19 heavy (non-hydrogen) atoms. The van der Waals surface area contributed by atoms with Gasteiger partial charge in [0.2, 0.25) is 0 Å². The molecule has 2 aromatic rings. The van der Waals surface area contributed by atoms with Crippen LogP contribution in [0.2, 0.25) is 0 Å². The first kappa shape index (κ1) is 12.7. The van der Waals surface area contributed by atoms with Crippen LogP contribution >= 0.6 is 11.6 Å². The molecule has 0 N–H and O–H groups in total. The number of pyridine rings is 1. The molecule has 0 radical (unpaired) electrons. The third-order valence-corrected chi connectivity index (χ3v) is 4.30. The minimum Gasteiger partial charge on any atom is -0.353 e. The molecule has 3 rings (SSSR count). The van der Waals surface area contributed by atoms with Crippen molar-refractivity contribution in [2.45, 2.75) is 38.1 Å². The average Bonchev–Trinajstić information content (AvgIpc) is 2.94. The molecule has 0 aliphatic carbocycles. The number of hydrogen-bond donors (Lipinski definition) is 0. The SMILES string of the molecule is CCC1CCCN1c1nc(CCl)cc2ccccc12. The molecule has 100 valence electrons. The average molecular weight is 275 g/mol. The van der Waals surface area contributed by atoms with Crippen molar-refractivity contribution in [3.8, 4) is 0 Å². The first-order chi connectivity index (χ1) is 9.33. The number of halogens is 1. The first-order valence-electron chi connectivity index (χ1n) is 7.04. The normalized spacial score (nSPS) is 19.3. The third kappa shape index (κ3) is 2.30. The zero-order valence-electron chi connectivity index (χ0n) is 11.3. The lowest BCUT2D eigenvalue weighted by molar-refractivity contribution is 0.641. The van der Waals surface area contributed by atoms with Gasteiger partial charge in [-0.2, -0.15) is 0 Å². The zero-order chi connectivity index (χ0) is 13.2. The molecule has 0 saturated carbocycles. The molecular formula is C16H19ClN2. The second-order valence-corrected chi connectivity index (χ2v) is 5.46. The molecule has 0 bridgehead atoms. The molecule has 3 heteroatoms. The minimum absolute atomic E-state index is 0.475. The number of anilines is 1. The summed E-state index contributed by atoms with van der Waals surface area (Å²) in [5.74, 6) is 1.60. The lowest BCUT2D eigenvalue weighted by Crippen LogP contribution is -2.29. The highest BCUT2D eigenvalue weighted by Crippen LogP contribution is 2.32. The zero-order valence-corrected chi connectivity index (χ0v) is 12.0. The summed E-state index contributed by atoms with van der Waals surface area (Å²) in [6.07, 6.45) is 3.72. The quantitative estimate of drug-likeness (QED) is 0.774. The molecule has 1 aromatic carbocycles. The Hall–Kier alpha value is -1.28. The molecule has 1 aromatic heterocycles. The number of aromatic nitrogens is 1. The Morgan fingerprint density at radius 3 is 3.00 bits per heavy atom. The molecule has 1 saturated heterocycles. The fraction of sp³-hybridized carbons (Fsp3) is 0.438. The number of nitrogens with zero attached hydrogens (tertiary/aromatic N) is 2. The van der Waals surface area contributed by atoms with Gasteiger partial charge in [-0.15, -0.1) is 11.6 Å². The maximum absolute atomic E-state index is 6.00. The number of rotatable bonds is 3. The van der Waals surface area contributed by atoms with Crippen molar-refractivity contribution in [3.05, 3.63) is 36.0 Å². The summed E-state index contributed by atoms with van der Waals surface area (Å²) in [6, 6.07) is 11.2. The van der Waals surface area contributed by atoms with E-state index in [2.05, 4.69) is 42.2 Å². The van der Waals surface area contributed by atoms with Gasteiger partial charge in [-0.1, -0.05) is 31.2 Å². The van der Waals surface area contributed by atoms with E-state index in [0.717, 1.165) is 18.1 Å². The van der Waals surface area contributed by atoms with E-state index in [-0.39, 0.29) is 0 Å². The highest BCUT2D eigenvalue weighted by molar-refractivity contribution is 6.17. The Labute approximate surface area is 119 Å². The van der Waals surface area contributed by atoms with E-state index >= 15 is 0 Å². The summed E-state index contributed by atoms with van der Waals surface area (Å²) in [7, 11) is 0. The van der Waals surface area contributed by atoms with Gasteiger partial charge in [-0.25, -0.2) is 4.98 Å². The standard InChI is InChI=1S/C16H19ClN2/c1-2-14-7-5-9-19(14)16-15-8-4-3-6-12(15)10-13(11-17)18-16/h3-4,6,8,10,14H,2,5,7,9,11H2,1H3. The molecule has 1 fully saturated rings. The maximum Gasteiger partial charge on any atom is 0.137 e. The van der Waals surface area contributed by atoms with E-state index < -0.39 is 0 Å². The van der Waals surface area contributed by atoms with Crippen LogP contribution in [0.5, 0.6) is 0 Å². The Morgan fingerprint density at radius 2 is 2.21 bits per heavy atom. The molecule has 1 atom stereocenters. The van der Waals surface area contributed by atoms with E-state index in [1.54, 1.807) is 0 Å². The Balaban J connectivity index is 2.15. The lowest BCUT2D eigenvalue weighted by Gasteiger charge is -2.26. The molecule has 2 heterocycles. The van der Waals surface area contributed by atoms with Crippen LogP contribution in [0.4, 0.5) is 5.82 Å². The lowest BCUT2D eigenvalue weighted by atomic mass is 10.1. The van der Waals surface area contributed by atoms with Crippen LogP contribution in [0.1, 0.15) is 31.9 Å². The van der Waals surface area contributed by atoms with E-state index in [9.17, 15) is 0 Å². The van der Waals surface area contributed by atoms with Gasteiger partial charge in [0.1, 0.15) is 5.82 Å². The van der Waals surface area contributed by atoms with Crippen LogP contribution in [0, 0.1) is 0 Å². The second-order valence-electron chi connectivity index (χ2n) is 5.19. The van der Waals surface area contributed by atoms with Gasteiger partial charge in [-0.3, -0.25) is 0 Å². The van der Waals surface area contributed by atoms with Gasteiger partial charge in [0.05, 0.1) is 11.6 Å². The predicted molar refractivity (Wildman–Crippen MR) is 82.0 cm³/mol. The van der Waals surface area contributed by atoms with Crippen LogP contribution in [0.15, 0.2) is 30.3 Å². The van der Waals surface area contributed by atoms with Crippen molar-refractivity contribution in [1.29, 1.82) is 0 Å². The number of benzene rings is 1. The second kappa shape index (κ2) is 5.38. The fourth-order valence-corrected chi connectivity index (χ4v) is 3.20. The monoisotopic (exact) mass is 274 g/mol. The maximum atomic E-state index is 6.00. The van der Waals surface area contributed by atoms with Gasteiger partial charge in [0, 0.05) is 18.0 Å². The summed E-state index contributed by atoms with van der Waals surface area (Å²) in [6.45, 7) is 3.37. The van der Waals surface area contributed by atoms with Crippen molar-refractivity contribution < 1.29 is 0 Å². The Bertz CT molecular complexity index is 582. The topological polar surface area (TPSA) is 16.1 Å². The van der Waals surface area contributed by atoms with Gasteiger partial charge < -0.3 is 4.90 Å². The van der Waals surface area contributed by atoms with Crippen molar-refractivity contribution in [1.82, 2.24) is 4.98 Å². The molecular weight excluding hydrogens is 256 g/mol. The minimum atomic E-state index is 0.475. The van der Waals surface area contributed by atoms with Gasteiger partial charge >= 0.3 is 0 Å². The summed E-state index contributed by atoms with van der Waals surface area (Å²) >= 11 is 6.00. The molecule has 0 amide bonds. The van der Waals surface area contributed by atoms with E-state index in [0.29, 0.717) is 11.9 Å². The molecule has 1 aliphatic heterocycles. The van der Waals surface area contributed by atoms with E-state index in [4.69, 9.17) is 16.6 Å². The molecule has 1 unspecified atom stereocenters. The first-order valence-corrected chi connectivity index (χ1v) is 7.58. The van der Waals surface area contributed by atoms with Crippen molar-refractivity contribution in [2.24, 2.45) is 0 Å². The van der Waals surface area contributed by atoms with Crippen molar-refractivity contribution in [2.75, 3.05) is 11.4 Å². The third-order valence-electron chi connectivity index (χ3n) is 4.03. The number of fused-ring (bicyclic) bond motifs is 1. The number of alkyl halides is 1. The highest BCUT2D eigenvalue weighted by atomic mass is 35.5. The van der Waals surface area contributed by atoms with Gasteiger partial charge in [-0.05, 0) is 30.7 Å². The number of hydrogen-bond acceptors (Lipinski definition) is 2. The van der Waals surface area contributed by atoms with Crippen LogP contribution < -0.4 is 4.90 Å². The van der Waals surface area contributed by atoms with Crippen molar-refractivity contribution in [3.63, 3.8) is 0 Å². The van der Waals surface area contributed by atoms with Crippen molar-refractivity contribution >= 4 is 28.2 Å².